The van der Waals surface area contributed by atoms with Crippen molar-refractivity contribution in [3.63, 3.8) is 0 Å². The molecule has 0 bridgehead atoms. The van der Waals surface area contributed by atoms with Gasteiger partial charge in [0, 0.05) is 16.5 Å². The summed E-state index contributed by atoms with van der Waals surface area (Å²) in [5.74, 6) is -1.00. The molecule has 2 unspecified atom stereocenters. The second-order valence-electron chi connectivity index (χ2n) is 11.7. The topological polar surface area (TPSA) is 39.1 Å². The van der Waals surface area contributed by atoms with Crippen LogP contribution in [0.2, 0.25) is 0 Å². The van der Waals surface area contributed by atoms with Crippen molar-refractivity contribution >= 4 is 51.6 Å². The number of carbonyl (C=O) groups is 2. The molecule has 0 N–H and O–H groups in total. The first-order valence-corrected chi connectivity index (χ1v) is 13.5. The molecule has 1 saturated carbocycles. The molecule has 4 aromatic carbocycles. The maximum atomic E-state index is 13.4. The van der Waals surface area contributed by atoms with E-state index in [1.807, 2.05) is 42.5 Å². The number of aromatic nitrogens is 1. The lowest BCUT2D eigenvalue weighted by Gasteiger charge is -2.19. The van der Waals surface area contributed by atoms with Crippen LogP contribution < -0.4 is 10.4 Å². The number of rotatable bonds is 2. The number of fused-ring (bicyclic) bond motifs is 5. The number of allylic oxidation sites excluding steroid dienone is 1. The minimum absolute atomic E-state index is 0.0859. The molecule has 190 valence electrons. The Morgan fingerprint density at radius 3 is 1.90 bits per heavy atom. The SMILES string of the molecule is CC(C)(C)c1ccc(-n2c3ccccc3c3cc(C=C4C(=O)C5C=c6ccccc6=CC5C4=O)ccc32)cc1. The van der Waals surface area contributed by atoms with E-state index in [-0.39, 0.29) is 17.0 Å². The largest absolute Gasteiger partial charge is 0.309 e. The molecule has 3 heteroatoms. The second-order valence-corrected chi connectivity index (χ2v) is 11.7. The Labute approximate surface area is 227 Å². The van der Waals surface area contributed by atoms with Crippen molar-refractivity contribution in [2.75, 3.05) is 0 Å². The van der Waals surface area contributed by atoms with Crippen molar-refractivity contribution in [3.8, 4) is 5.69 Å². The van der Waals surface area contributed by atoms with Crippen molar-refractivity contribution < 1.29 is 9.59 Å². The highest BCUT2D eigenvalue weighted by Gasteiger charge is 2.43. The summed E-state index contributed by atoms with van der Waals surface area (Å²) in [4.78, 5) is 26.8. The summed E-state index contributed by atoms with van der Waals surface area (Å²) >= 11 is 0. The fourth-order valence-electron chi connectivity index (χ4n) is 6.14. The zero-order chi connectivity index (χ0) is 26.9. The molecule has 0 radical (unpaired) electrons. The van der Waals surface area contributed by atoms with Crippen LogP contribution in [0.3, 0.4) is 0 Å². The Bertz CT molecular complexity index is 1930. The first-order valence-electron chi connectivity index (χ1n) is 13.5. The summed E-state index contributed by atoms with van der Waals surface area (Å²) in [5.41, 5.74) is 5.87. The van der Waals surface area contributed by atoms with Crippen LogP contribution in [0.4, 0.5) is 0 Å². The number of para-hydroxylation sites is 1. The van der Waals surface area contributed by atoms with Gasteiger partial charge in [0.05, 0.1) is 28.4 Å². The molecule has 0 amide bonds. The molecule has 5 aromatic rings. The highest BCUT2D eigenvalue weighted by molar-refractivity contribution is 6.33. The smallest absolute Gasteiger partial charge is 0.174 e. The first-order chi connectivity index (χ1) is 18.8. The molecule has 3 nitrogen and oxygen atoms in total. The third-order valence-electron chi connectivity index (χ3n) is 8.24. The molecule has 2 aliphatic rings. The maximum Gasteiger partial charge on any atom is 0.174 e. The molecule has 2 aliphatic carbocycles. The van der Waals surface area contributed by atoms with Gasteiger partial charge in [-0.2, -0.15) is 0 Å². The number of benzene rings is 4. The Kier molecular flexibility index (Phi) is 5.15. The van der Waals surface area contributed by atoms with Gasteiger partial charge in [0.15, 0.2) is 11.6 Å². The van der Waals surface area contributed by atoms with Crippen LogP contribution in [-0.4, -0.2) is 16.1 Å². The second kappa shape index (κ2) is 8.51. The van der Waals surface area contributed by atoms with Crippen LogP contribution in [0.15, 0.2) is 96.6 Å². The molecule has 0 aliphatic heterocycles. The zero-order valence-electron chi connectivity index (χ0n) is 22.3. The number of hydrogen-bond donors (Lipinski definition) is 0. The monoisotopic (exact) mass is 507 g/mol. The van der Waals surface area contributed by atoms with Gasteiger partial charge < -0.3 is 4.57 Å². The normalized spacial score (nSPS) is 18.6. The van der Waals surface area contributed by atoms with Gasteiger partial charge in [0.1, 0.15) is 0 Å². The molecular formula is C36H29NO2. The summed E-state index contributed by atoms with van der Waals surface area (Å²) in [6, 6.07) is 31.3. The van der Waals surface area contributed by atoms with Crippen LogP contribution in [-0.2, 0) is 15.0 Å². The van der Waals surface area contributed by atoms with E-state index < -0.39 is 11.8 Å². The van der Waals surface area contributed by atoms with E-state index in [1.54, 1.807) is 6.08 Å². The van der Waals surface area contributed by atoms with Gasteiger partial charge in [-0.3, -0.25) is 9.59 Å². The van der Waals surface area contributed by atoms with E-state index >= 15 is 0 Å². The Hall–Kier alpha value is -4.50. The lowest BCUT2D eigenvalue weighted by atomic mass is 9.87. The fraction of sp³-hybridized carbons (Fsp3) is 0.167. The number of Topliss-reactive ketones (excluding diaryl/α,β-unsaturated/α-hetero) is 2. The Balaban J connectivity index is 1.34. The highest BCUT2D eigenvalue weighted by Crippen LogP contribution is 2.36. The minimum Gasteiger partial charge on any atom is -0.309 e. The van der Waals surface area contributed by atoms with Crippen LogP contribution >= 0.6 is 0 Å². The number of carbonyl (C=O) groups excluding carboxylic acids is 2. The number of ketones is 2. The van der Waals surface area contributed by atoms with Crippen molar-refractivity contribution in [2.45, 2.75) is 26.2 Å². The standard InChI is InChI=1S/C36H29NO2/c1-36(2,3)25-13-15-26(16-14-25)37-32-11-7-6-10-27(32)28-18-22(12-17-33(28)37)19-31-34(38)29-20-23-8-4-5-9-24(23)21-30(29)35(31)39/h4-21,29-30H,1-3H3. The minimum atomic E-state index is -0.416. The fourth-order valence-corrected chi connectivity index (χ4v) is 6.14. The molecule has 1 heterocycles. The summed E-state index contributed by atoms with van der Waals surface area (Å²) in [6.07, 6.45) is 5.71. The van der Waals surface area contributed by atoms with Gasteiger partial charge in [0.25, 0.3) is 0 Å². The highest BCUT2D eigenvalue weighted by atomic mass is 16.2. The molecule has 1 fully saturated rings. The van der Waals surface area contributed by atoms with Gasteiger partial charge in [0.2, 0.25) is 0 Å². The van der Waals surface area contributed by atoms with Crippen LogP contribution in [0.1, 0.15) is 31.9 Å². The third kappa shape index (κ3) is 3.72. The number of nitrogens with zero attached hydrogens (tertiary/aromatic N) is 1. The molecule has 0 spiro atoms. The summed E-state index contributed by atoms with van der Waals surface area (Å²) in [7, 11) is 0. The van der Waals surface area contributed by atoms with E-state index in [0.717, 1.165) is 43.5 Å². The van der Waals surface area contributed by atoms with Crippen LogP contribution in [0, 0.1) is 11.8 Å². The summed E-state index contributed by atoms with van der Waals surface area (Å²) in [6.45, 7) is 6.67. The molecule has 0 saturated heterocycles. The van der Waals surface area contributed by atoms with Gasteiger partial charge in [-0.15, -0.1) is 0 Å². The predicted molar refractivity (Wildman–Crippen MR) is 159 cm³/mol. The zero-order valence-corrected chi connectivity index (χ0v) is 22.3. The average molecular weight is 508 g/mol. The molecule has 39 heavy (non-hydrogen) atoms. The quantitative estimate of drug-likeness (QED) is 0.213. The van der Waals surface area contributed by atoms with Crippen LogP contribution in [0.5, 0.6) is 0 Å². The van der Waals surface area contributed by atoms with Crippen LogP contribution in [0.25, 0.3) is 45.7 Å². The van der Waals surface area contributed by atoms with Crippen molar-refractivity contribution in [1.82, 2.24) is 4.57 Å². The third-order valence-corrected chi connectivity index (χ3v) is 8.24. The van der Waals surface area contributed by atoms with E-state index in [4.69, 9.17) is 0 Å². The van der Waals surface area contributed by atoms with Crippen molar-refractivity contribution in [3.05, 3.63) is 118 Å². The summed E-state index contributed by atoms with van der Waals surface area (Å²) in [5, 5.41) is 4.28. The molecule has 1 aromatic heterocycles. The lowest BCUT2D eigenvalue weighted by molar-refractivity contribution is -0.117. The number of hydrogen-bond acceptors (Lipinski definition) is 2. The predicted octanol–water partition coefficient (Wildman–Crippen LogP) is 6.12. The van der Waals surface area contributed by atoms with E-state index in [0.29, 0.717) is 5.57 Å². The molecule has 7 rings (SSSR count). The Morgan fingerprint density at radius 2 is 1.26 bits per heavy atom. The lowest BCUT2D eigenvalue weighted by Crippen LogP contribution is -2.33. The van der Waals surface area contributed by atoms with Crippen molar-refractivity contribution in [1.29, 1.82) is 0 Å². The maximum absolute atomic E-state index is 13.4. The van der Waals surface area contributed by atoms with Gasteiger partial charge in [-0.1, -0.05) is 93.6 Å². The van der Waals surface area contributed by atoms with E-state index in [2.05, 4.69) is 86.0 Å². The molecule has 2 atom stereocenters. The van der Waals surface area contributed by atoms with E-state index in [9.17, 15) is 9.59 Å². The van der Waals surface area contributed by atoms with Crippen molar-refractivity contribution in [2.24, 2.45) is 11.8 Å². The van der Waals surface area contributed by atoms with Gasteiger partial charge >= 0.3 is 0 Å². The Morgan fingerprint density at radius 1 is 0.667 bits per heavy atom. The van der Waals surface area contributed by atoms with Gasteiger partial charge in [-0.05, 0) is 63.4 Å². The van der Waals surface area contributed by atoms with E-state index in [1.165, 1.54) is 5.56 Å². The first kappa shape index (κ1) is 23.6. The van der Waals surface area contributed by atoms with Gasteiger partial charge in [-0.25, -0.2) is 0 Å². The molecular weight excluding hydrogens is 478 g/mol. The summed E-state index contributed by atoms with van der Waals surface area (Å²) < 4.78 is 2.29. The average Bonchev–Trinajstić information content (AvgIpc) is 3.38.